The highest BCUT2D eigenvalue weighted by molar-refractivity contribution is 5.74. The lowest BCUT2D eigenvalue weighted by atomic mass is 10.0. The highest BCUT2D eigenvalue weighted by atomic mass is 19.1. The standard InChI is InChI=1S/C24H32FN5O2/c1-32-22-5-4-19(14-21(22)25)17-29-12-7-20(8-13-29)28-24(31)27-16-18-6-9-26-23(15-18)30-10-2-3-11-30/h4-6,9,14-15,20H,2-3,7-8,10-13,16-17H2,1H3,(H2,27,28,31). The van der Waals surface area contributed by atoms with Gasteiger partial charge in [0.1, 0.15) is 5.82 Å². The molecule has 0 saturated carbocycles. The molecule has 2 saturated heterocycles. The number of methoxy groups -OCH3 is 1. The molecule has 0 aliphatic carbocycles. The number of nitrogens with one attached hydrogen (secondary N) is 2. The average Bonchev–Trinajstić information content (AvgIpc) is 3.35. The summed E-state index contributed by atoms with van der Waals surface area (Å²) in [4.78, 5) is 21.4. The van der Waals surface area contributed by atoms with Crippen molar-refractivity contribution in [1.29, 1.82) is 0 Å². The van der Waals surface area contributed by atoms with Gasteiger partial charge in [0, 0.05) is 51.5 Å². The smallest absolute Gasteiger partial charge is 0.315 e. The van der Waals surface area contributed by atoms with E-state index >= 15 is 0 Å². The Balaban J connectivity index is 1.18. The maximum atomic E-state index is 13.9. The average molecular weight is 442 g/mol. The minimum Gasteiger partial charge on any atom is -0.494 e. The summed E-state index contributed by atoms with van der Waals surface area (Å²) in [5, 5.41) is 6.06. The molecule has 7 nitrogen and oxygen atoms in total. The fourth-order valence-electron chi connectivity index (χ4n) is 4.41. The fraction of sp³-hybridized carbons (Fsp3) is 0.500. The van der Waals surface area contributed by atoms with Gasteiger partial charge in [-0.1, -0.05) is 6.07 Å². The van der Waals surface area contributed by atoms with E-state index in [-0.39, 0.29) is 23.6 Å². The minimum absolute atomic E-state index is 0.139. The highest BCUT2D eigenvalue weighted by Crippen LogP contribution is 2.21. The van der Waals surface area contributed by atoms with Crippen molar-refractivity contribution in [2.24, 2.45) is 0 Å². The molecule has 0 spiro atoms. The lowest BCUT2D eigenvalue weighted by Gasteiger charge is -2.32. The van der Waals surface area contributed by atoms with E-state index < -0.39 is 0 Å². The van der Waals surface area contributed by atoms with Crippen LogP contribution >= 0.6 is 0 Å². The predicted octanol–water partition coefficient (Wildman–Crippen LogP) is 3.29. The first-order chi connectivity index (χ1) is 15.6. The summed E-state index contributed by atoms with van der Waals surface area (Å²) >= 11 is 0. The van der Waals surface area contributed by atoms with Crippen LogP contribution in [0.4, 0.5) is 15.0 Å². The van der Waals surface area contributed by atoms with E-state index in [2.05, 4.69) is 31.5 Å². The third-order valence-electron chi connectivity index (χ3n) is 6.24. The summed E-state index contributed by atoms with van der Waals surface area (Å²) in [6, 6.07) is 9.11. The summed E-state index contributed by atoms with van der Waals surface area (Å²) < 4.78 is 18.9. The zero-order chi connectivity index (χ0) is 22.3. The summed E-state index contributed by atoms with van der Waals surface area (Å²) in [5.74, 6) is 0.924. The van der Waals surface area contributed by atoms with Crippen molar-refractivity contribution >= 4 is 11.8 Å². The number of benzene rings is 1. The van der Waals surface area contributed by atoms with Gasteiger partial charge in [-0.15, -0.1) is 0 Å². The first-order valence-corrected chi connectivity index (χ1v) is 11.4. The Morgan fingerprint density at radius 2 is 1.91 bits per heavy atom. The SMILES string of the molecule is COc1ccc(CN2CCC(NC(=O)NCc3ccnc(N4CCCC4)c3)CC2)cc1F. The maximum Gasteiger partial charge on any atom is 0.315 e. The van der Waals surface area contributed by atoms with Crippen molar-refractivity contribution in [2.45, 2.75) is 44.8 Å². The normalized spacial score (nSPS) is 17.4. The van der Waals surface area contributed by atoms with Gasteiger partial charge in [-0.25, -0.2) is 14.2 Å². The maximum absolute atomic E-state index is 13.9. The van der Waals surface area contributed by atoms with Crippen LogP contribution in [0.25, 0.3) is 0 Å². The number of pyridine rings is 1. The van der Waals surface area contributed by atoms with Gasteiger partial charge in [0.15, 0.2) is 11.6 Å². The van der Waals surface area contributed by atoms with Crippen LogP contribution in [0.15, 0.2) is 36.5 Å². The van der Waals surface area contributed by atoms with Crippen molar-refractivity contribution in [2.75, 3.05) is 38.2 Å². The largest absolute Gasteiger partial charge is 0.494 e. The molecule has 1 aromatic carbocycles. The van der Waals surface area contributed by atoms with Gasteiger partial charge in [-0.3, -0.25) is 4.90 Å². The molecule has 2 N–H and O–H groups in total. The van der Waals surface area contributed by atoms with Gasteiger partial charge in [-0.05, 0) is 61.1 Å². The summed E-state index contributed by atoms with van der Waals surface area (Å²) in [6.45, 7) is 5.01. The lowest BCUT2D eigenvalue weighted by Crippen LogP contribution is -2.47. The number of anilines is 1. The highest BCUT2D eigenvalue weighted by Gasteiger charge is 2.21. The van der Waals surface area contributed by atoms with Crippen LogP contribution in [-0.4, -0.2) is 55.2 Å². The van der Waals surface area contributed by atoms with Crippen LogP contribution in [-0.2, 0) is 13.1 Å². The first-order valence-electron chi connectivity index (χ1n) is 11.4. The van der Waals surface area contributed by atoms with E-state index in [9.17, 15) is 9.18 Å². The molecule has 0 bridgehead atoms. The molecule has 8 heteroatoms. The van der Waals surface area contributed by atoms with Gasteiger partial charge >= 0.3 is 6.03 Å². The molecular formula is C24H32FN5O2. The van der Waals surface area contributed by atoms with E-state index in [0.29, 0.717) is 13.1 Å². The second-order valence-electron chi connectivity index (χ2n) is 8.56. The molecule has 0 radical (unpaired) electrons. The Hall–Kier alpha value is -2.87. The van der Waals surface area contributed by atoms with Gasteiger partial charge in [0.05, 0.1) is 7.11 Å². The zero-order valence-corrected chi connectivity index (χ0v) is 18.6. The molecule has 2 aliphatic rings. The number of ether oxygens (including phenoxy) is 1. The molecule has 1 aromatic heterocycles. The van der Waals surface area contributed by atoms with Crippen molar-refractivity contribution in [3.8, 4) is 5.75 Å². The number of urea groups is 1. The number of hydrogen-bond donors (Lipinski definition) is 2. The van der Waals surface area contributed by atoms with Crippen LogP contribution in [0.5, 0.6) is 5.75 Å². The van der Waals surface area contributed by atoms with Gasteiger partial charge in [-0.2, -0.15) is 0 Å². The molecular weight excluding hydrogens is 409 g/mol. The van der Waals surface area contributed by atoms with Crippen molar-refractivity contribution in [3.63, 3.8) is 0 Å². The van der Waals surface area contributed by atoms with Crippen LogP contribution in [0, 0.1) is 5.82 Å². The summed E-state index contributed by atoms with van der Waals surface area (Å²) in [6.07, 6.45) is 5.98. The Morgan fingerprint density at radius 1 is 1.12 bits per heavy atom. The Bertz CT molecular complexity index is 911. The van der Waals surface area contributed by atoms with E-state index in [4.69, 9.17) is 4.74 Å². The number of likely N-dealkylation sites (tertiary alicyclic amines) is 1. The number of aromatic nitrogens is 1. The predicted molar refractivity (Wildman–Crippen MR) is 122 cm³/mol. The Labute approximate surface area is 189 Å². The molecule has 0 unspecified atom stereocenters. The monoisotopic (exact) mass is 441 g/mol. The third-order valence-corrected chi connectivity index (χ3v) is 6.24. The quantitative estimate of drug-likeness (QED) is 0.690. The van der Waals surface area contributed by atoms with E-state index in [0.717, 1.165) is 56.0 Å². The second-order valence-corrected chi connectivity index (χ2v) is 8.56. The van der Waals surface area contributed by atoms with Crippen LogP contribution in [0.2, 0.25) is 0 Å². The molecule has 2 aliphatic heterocycles. The lowest BCUT2D eigenvalue weighted by molar-refractivity contribution is 0.186. The van der Waals surface area contributed by atoms with E-state index in [1.54, 1.807) is 6.07 Å². The number of piperidine rings is 1. The van der Waals surface area contributed by atoms with Gasteiger partial charge < -0.3 is 20.3 Å². The number of hydrogen-bond acceptors (Lipinski definition) is 5. The van der Waals surface area contributed by atoms with Gasteiger partial charge in [0.2, 0.25) is 0 Å². The number of nitrogens with zero attached hydrogens (tertiary/aromatic N) is 3. The first kappa shape index (κ1) is 22.3. The number of rotatable bonds is 7. The summed E-state index contributed by atoms with van der Waals surface area (Å²) in [7, 11) is 1.47. The molecule has 3 heterocycles. The molecule has 2 amide bonds. The van der Waals surface area contributed by atoms with Gasteiger partial charge in [0.25, 0.3) is 0 Å². The Morgan fingerprint density at radius 3 is 2.62 bits per heavy atom. The Kier molecular flexibility index (Phi) is 7.42. The number of amides is 2. The van der Waals surface area contributed by atoms with Crippen LogP contribution < -0.4 is 20.3 Å². The van der Waals surface area contributed by atoms with Crippen LogP contribution in [0.1, 0.15) is 36.8 Å². The molecule has 32 heavy (non-hydrogen) atoms. The number of halogens is 1. The third kappa shape index (κ3) is 5.88. The minimum atomic E-state index is -0.333. The summed E-state index contributed by atoms with van der Waals surface area (Å²) in [5.41, 5.74) is 1.98. The topological polar surface area (TPSA) is 69.7 Å². The molecule has 0 atom stereocenters. The molecule has 2 fully saturated rings. The van der Waals surface area contributed by atoms with Crippen molar-refractivity contribution < 1.29 is 13.9 Å². The molecule has 172 valence electrons. The van der Waals surface area contributed by atoms with Crippen LogP contribution in [0.3, 0.4) is 0 Å². The number of carbonyl (C=O) groups is 1. The van der Waals surface area contributed by atoms with Crippen molar-refractivity contribution in [3.05, 3.63) is 53.5 Å². The second kappa shape index (κ2) is 10.6. The van der Waals surface area contributed by atoms with E-state index in [1.807, 2.05) is 18.3 Å². The molecule has 4 rings (SSSR count). The zero-order valence-electron chi connectivity index (χ0n) is 18.6. The fourth-order valence-corrected chi connectivity index (χ4v) is 4.41. The van der Waals surface area contributed by atoms with E-state index in [1.165, 1.54) is 26.0 Å². The number of carbonyl (C=O) groups excluding carboxylic acids is 1. The molecule has 2 aromatic rings. The van der Waals surface area contributed by atoms with Crippen molar-refractivity contribution in [1.82, 2.24) is 20.5 Å².